The Morgan fingerprint density at radius 3 is 2.14 bits per heavy atom. The molecular weight excluding hydrogens is 570 g/mol. The lowest BCUT2D eigenvalue weighted by atomic mass is 10.1. The molecule has 0 bridgehead atoms. The zero-order valence-electron chi connectivity index (χ0n) is 24.8. The number of anilines is 1. The topological polar surface area (TPSA) is 86.8 Å². The second kappa shape index (κ2) is 13.7. The quantitative estimate of drug-likeness (QED) is 0.275. The van der Waals surface area contributed by atoms with Gasteiger partial charge in [-0.2, -0.15) is 0 Å². The Bertz CT molecular complexity index is 1500. The van der Waals surface area contributed by atoms with Crippen molar-refractivity contribution < 1.29 is 18.0 Å². The van der Waals surface area contributed by atoms with Crippen molar-refractivity contribution in [1.29, 1.82) is 0 Å². The van der Waals surface area contributed by atoms with Crippen LogP contribution in [0.5, 0.6) is 0 Å². The SMILES string of the molecule is CCC(C(=O)NC1CCCC1)N(Cc1ccc(Cl)cc1)C(=O)CN(c1ccc(C)cc1C)S(=O)(=O)c1ccc(C)cc1. The maximum Gasteiger partial charge on any atom is 0.264 e. The first kappa shape index (κ1) is 31.6. The monoisotopic (exact) mass is 609 g/mol. The third-order valence-electron chi connectivity index (χ3n) is 7.86. The fourth-order valence-corrected chi connectivity index (χ4v) is 7.11. The Morgan fingerprint density at radius 2 is 1.55 bits per heavy atom. The van der Waals surface area contributed by atoms with Gasteiger partial charge in [-0.1, -0.05) is 78.9 Å². The van der Waals surface area contributed by atoms with Crippen molar-refractivity contribution in [3.05, 3.63) is 94.0 Å². The molecule has 0 radical (unpaired) electrons. The summed E-state index contributed by atoms with van der Waals surface area (Å²) in [5.41, 5.74) is 3.85. The molecule has 1 fully saturated rings. The Balaban J connectivity index is 1.73. The Morgan fingerprint density at radius 1 is 0.929 bits per heavy atom. The van der Waals surface area contributed by atoms with Crippen LogP contribution >= 0.6 is 11.6 Å². The Labute approximate surface area is 254 Å². The number of nitrogens with one attached hydrogen (secondary N) is 1. The zero-order chi connectivity index (χ0) is 30.4. The summed E-state index contributed by atoms with van der Waals surface area (Å²) in [5, 5.41) is 3.70. The molecule has 0 heterocycles. The maximum absolute atomic E-state index is 14.3. The van der Waals surface area contributed by atoms with Crippen LogP contribution in [0.1, 0.15) is 61.3 Å². The molecular formula is C33H40ClN3O4S. The fourth-order valence-electron chi connectivity index (χ4n) is 5.51. The summed E-state index contributed by atoms with van der Waals surface area (Å²) in [6, 6.07) is 18.5. The van der Waals surface area contributed by atoms with Crippen molar-refractivity contribution in [3.63, 3.8) is 0 Å². The number of rotatable bonds is 11. The molecule has 0 saturated heterocycles. The number of amides is 2. The Kier molecular flexibility index (Phi) is 10.3. The van der Waals surface area contributed by atoms with Gasteiger partial charge in [0.1, 0.15) is 12.6 Å². The minimum atomic E-state index is -4.12. The van der Waals surface area contributed by atoms with E-state index in [4.69, 9.17) is 11.6 Å². The first-order valence-corrected chi connectivity index (χ1v) is 16.3. The van der Waals surface area contributed by atoms with Gasteiger partial charge >= 0.3 is 0 Å². The van der Waals surface area contributed by atoms with Crippen molar-refractivity contribution in [1.82, 2.24) is 10.2 Å². The van der Waals surface area contributed by atoms with Crippen LogP contribution in [0.4, 0.5) is 5.69 Å². The number of hydrogen-bond donors (Lipinski definition) is 1. The molecule has 224 valence electrons. The van der Waals surface area contributed by atoms with Gasteiger partial charge in [0.15, 0.2) is 0 Å². The van der Waals surface area contributed by atoms with Crippen LogP contribution in [0.15, 0.2) is 71.6 Å². The number of benzene rings is 3. The van der Waals surface area contributed by atoms with Crippen molar-refractivity contribution in [2.45, 2.75) is 83.3 Å². The highest BCUT2D eigenvalue weighted by molar-refractivity contribution is 7.92. The first-order valence-electron chi connectivity index (χ1n) is 14.5. The zero-order valence-corrected chi connectivity index (χ0v) is 26.3. The van der Waals surface area contributed by atoms with Gasteiger partial charge in [-0.3, -0.25) is 13.9 Å². The highest BCUT2D eigenvalue weighted by Gasteiger charge is 2.35. The van der Waals surface area contributed by atoms with Gasteiger partial charge in [0.25, 0.3) is 10.0 Å². The third-order valence-corrected chi connectivity index (χ3v) is 9.89. The fraction of sp³-hybridized carbons (Fsp3) is 0.394. The van der Waals surface area contributed by atoms with Crippen molar-refractivity contribution in [2.75, 3.05) is 10.8 Å². The highest BCUT2D eigenvalue weighted by Crippen LogP contribution is 2.29. The largest absolute Gasteiger partial charge is 0.352 e. The summed E-state index contributed by atoms with van der Waals surface area (Å²) in [5.74, 6) is -0.680. The molecule has 4 rings (SSSR count). The lowest BCUT2D eigenvalue weighted by Gasteiger charge is -2.34. The number of hydrogen-bond acceptors (Lipinski definition) is 4. The molecule has 1 aliphatic rings. The molecule has 1 atom stereocenters. The molecule has 1 saturated carbocycles. The van der Waals surface area contributed by atoms with Crippen LogP contribution in [0.2, 0.25) is 5.02 Å². The van der Waals surface area contributed by atoms with Gasteiger partial charge in [-0.05, 0) is 81.5 Å². The van der Waals surface area contributed by atoms with Crippen LogP contribution in [0, 0.1) is 20.8 Å². The number of nitrogens with zero attached hydrogens (tertiary/aromatic N) is 2. The second-order valence-electron chi connectivity index (χ2n) is 11.2. The van der Waals surface area contributed by atoms with Gasteiger partial charge in [-0.15, -0.1) is 0 Å². The number of aryl methyl sites for hydroxylation is 3. The second-order valence-corrected chi connectivity index (χ2v) is 13.5. The Hall–Kier alpha value is -3.36. The van der Waals surface area contributed by atoms with E-state index in [1.54, 1.807) is 42.5 Å². The molecule has 42 heavy (non-hydrogen) atoms. The summed E-state index contributed by atoms with van der Waals surface area (Å²) in [4.78, 5) is 29.4. The van der Waals surface area contributed by atoms with Gasteiger partial charge in [0.2, 0.25) is 11.8 Å². The molecule has 0 aliphatic heterocycles. The average molecular weight is 610 g/mol. The molecule has 1 N–H and O–H groups in total. The summed E-state index contributed by atoms with van der Waals surface area (Å²) in [6.45, 7) is 7.20. The van der Waals surface area contributed by atoms with Crippen LogP contribution in [-0.2, 0) is 26.2 Å². The molecule has 3 aromatic carbocycles. The van der Waals surface area contributed by atoms with E-state index in [1.807, 2.05) is 52.0 Å². The number of sulfonamides is 1. The molecule has 9 heteroatoms. The maximum atomic E-state index is 14.3. The lowest BCUT2D eigenvalue weighted by molar-refractivity contribution is -0.140. The van der Waals surface area contributed by atoms with Crippen LogP contribution in [-0.4, -0.2) is 43.8 Å². The van der Waals surface area contributed by atoms with E-state index in [0.29, 0.717) is 17.1 Å². The van der Waals surface area contributed by atoms with Crippen LogP contribution in [0.25, 0.3) is 0 Å². The lowest BCUT2D eigenvalue weighted by Crippen LogP contribution is -2.53. The predicted octanol–water partition coefficient (Wildman–Crippen LogP) is 6.33. The van der Waals surface area contributed by atoms with Gasteiger partial charge in [0, 0.05) is 17.6 Å². The minimum Gasteiger partial charge on any atom is -0.352 e. The van der Waals surface area contributed by atoms with Crippen LogP contribution < -0.4 is 9.62 Å². The summed E-state index contributed by atoms with van der Waals surface area (Å²) >= 11 is 6.11. The number of halogens is 1. The summed E-state index contributed by atoms with van der Waals surface area (Å²) in [6.07, 6.45) is 4.35. The van der Waals surface area contributed by atoms with Gasteiger partial charge in [0.05, 0.1) is 10.6 Å². The van der Waals surface area contributed by atoms with E-state index in [-0.39, 0.29) is 23.4 Å². The van der Waals surface area contributed by atoms with Gasteiger partial charge in [-0.25, -0.2) is 8.42 Å². The van der Waals surface area contributed by atoms with E-state index in [9.17, 15) is 18.0 Å². The number of carbonyl (C=O) groups is 2. The molecule has 1 unspecified atom stereocenters. The molecule has 0 aromatic heterocycles. The summed E-state index contributed by atoms with van der Waals surface area (Å²) in [7, 11) is -4.12. The van der Waals surface area contributed by atoms with Crippen molar-refractivity contribution in [2.24, 2.45) is 0 Å². The summed E-state index contributed by atoms with van der Waals surface area (Å²) < 4.78 is 29.4. The van der Waals surface area contributed by atoms with E-state index < -0.39 is 28.5 Å². The standard InChI is InChI=1S/C33H40ClN3O4S/c1-5-30(33(39)35-28-8-6-7-9-28)36(21-26-13-15-27(34)16-14-26)32(38)22-37(31-19-12-24(3)20-25(31)4)42(40,41)29-17-10-23(2)11-18-29/h10-20,28,30H,5-9,21-22H2,1-4H3,(H,35,39). The van der Waals surface area contributed by atoms with Gasteiger partial charge < -0.3 is 10.2 Å². The van der Waals surface area contributed by atoms with Crippen LogP contribution in [0.3, 0.4) is 0 Å². The predicted molar refractivity (Wildman–Crippen MR) is 168 cm³/mol. The van der Waals surface area contributed by atoms with E-state index >= 15 is 0 Å². The molecule has 2 amide bonds. The minimum absolute atomic E-state index is 0.0904. The molecule has 1 aliphatic carbocycles. The molecule has 7 nitrogen and oxygen atoms in total. The molecule has 3 aromatic rings. The number of carbonyl (C=O) groups excluding carboxylic acids is 2. The first-order chi connectivity index (χ1) is 20.0. The van der Waals surface area contributed by atoms with Crippen molar-refractivity contribution >= 4 is 39.1 Å². The normalized spacial score (nSPS) is 14.4. The highest BCUT2D eigenvalue weighted by atomic mass is 35.5. The average Bonchev–Trinajstić information content (AvgIpc) is 3.46. The van der Waals surface area contributed by atoms with Crippen molar-refractivity contribution in [3.8, 4) is 0 Å². The van der Waals surface area contributed by atoms with E-state index in [2.05, 4.69) is 5.32 Å². The molecule has 0 spiro atoms. The van der Waals surface area contributed by atoms with E-state index in [0.717, 1.165) is 47.9 Å². The smallest absolute Gasteiger partial charge is 0.264 e. The van der Waals surface area contributed by atoms with E-state index in [1.165, 1.54) is 9.21 Å². The third kappa shape index (κ3) is 7.53.